The first-order valence-corrected chi connectivity index (χ1v) is 10.3. The second-order valence-electron chi connectivity index (χ2n) is 6.11. The highest BCUT2D eigenvalue weighted by Gasteiger charge is 2.24. The molecule has 1 saturated heterocycles. The second-order valence-corrected chi connectivity index (χ2v) is 8.74. The van der Waals surface area contributed by atoms with Gasteiger partial charge >= 0.3 is 0 Å². The topological polar surface area (TPSA) is 49.4 Å². The van der Waals surface area contributed by atoms with Gasteiger partial charge in [-0.2, -0.15) is 0 Å². The molecule has 1 fully saturated rings. The minimum Gasteiger partial charge on any atom is -0.299 e. The Labute approximate surface area is 164 Å². The number of nitrogens with one attached hydrogen (secondary N) is 1. The smallest absolute Gasteiger partial charge is 0.240 e. The fourth-order valence-electron chi connectivity index (χ4n) is 2.97. The number of benzene rings is 2. The van der Waals surface area contributed by atoms with Gasteiger partial charge in [0.05, 0.1) is 4.90 Å². The van der Waals surface area contributed by atoms with Gasteiger partial charge in [0, 0.05) is 30.1 Å². The summed E-state index contributed by atoms with van der Waals surface area (Å²) in [7, 11) is -3.46. The fourth-order valence-corrected chi connectivity index (χ4v) is 4.87. The third-order valence-electron chi connectivity index (χ3n) is 4.26. The van der Waals surface area contributed by atoms with Crippen LogP contribution in [0.5, 0.6) is 0 Å². The molecule has 0 aromatic heterocycles. The number of likely N-dealkylation sites (tertiary alicyclic amines) is 1. The number of nitrogens with zero attached hydrogens (tertiary/aromatic N) is 1. The molecule has 1 heterocycles. The number of halogens is 2. The van der Waals surface area contributed by atoms with Crippen LogP contribution in [0.25, 0.3) is 0 Å². The Morgan fingerprint density at radius 1 is 1.04 bits per heavy atom. The molecule has 25 heavy (non-hydrogen) atoms. The normalized spacial score (nSPS) is 16.4. The van der Waals surface area contributed by atoms with E-state index in [1.54, 1.807) is 18.2 Å². The van der Waals surface area contributed by atoms with Crippen LogP contribution in [0.15, 0.2) is 64.0 Å². The first kappa shape index (κ1) is 20.4. The Balaban J connectivity index is 0.00000225. The summed E-state index contributed by atoms with van der Waals surface area (Å²) in [5, 5.41) is 0. The van der Waals surface area contributed by atoms with Crippen LogP contribution >= 0.6 is 28.3 Å². The van der Waals surface area contributed by atoms with E-state index in [0.717, 1.165) is 36.9 Å². The van der Waals surface area contributed by atoms with Crippen LogP contribution in [0, 0.1) is 0 Å². The third kappa shape index (κ3) is 5.79. The lowest BCUT2D eigenvalue weighted by Crippen LogP contribution is -2.44. The average Bonchev–Trinajstić information content (AvgIpc) is 2.57. The third-order valence-corrected chi connectivity index (χ3v) is 6.28. The predicted molar refractivity (Wildman–Crippen MR) is 106 cm³/mol. The maximum absolute atomic E-state index is 12.5. The van der Waals surface area contributed by atoms with E-state index in [2.05, 4.69) is 37.7 Å². The van der Waals surface area contributed by atoms with Crippen LogP contribution in [-0.4, -0.2) is 32.4 Å². The SMILES string of the molecule is Cl.O=S(=O)(NC1CCN(Cc2ccccc2)CC1)c1cccc(Br)c1. The molecule has 4 nitrogen and oxygen atoms in total. The van der Waals surface area contributed by atoms with Crippen molar-refractivity contribution in [2.45, 2.75) is 30.3 Å². The second kappa shape index (κ2) is 9.14. The Bertz CT molecular complexity index is 779. The van der Waals surface area contributed by atoms with Crippen molar-refractivity contribution >= 4 is 38.4 Å². The van der Waals surface area contributed by atoms with Gasteiger partial charge in [-0.1, -0.05) is 52.3 Å². The van der Waals surface area contributed by atoms with E-state index in [4.69, 9.17) is 0 Å². The van der Waals surface area contributed by atoms with Crippen LogP contribution < -0.4 is 4.72 Å². The van der Waals surface area contributed by atoms with Crippen molar-refractivity contribution < 1.29 is 8.42 Å². The molecular formula is C18H22BrClN2O2S. The van der Waals surface area contributed by atoms with Crippen molar-refractivity contribution in [2.24, 2.45) is 0 Å². The largest absolute Gasteiger partial charge is 0.299 e. The van der Waals surface area contributed by atoms with Crippen molar-refractivity contribution in [1.29, 1.82) is 0 Å². The van der Waals surface area contributed by atoms with E-state index in [0.29, 0.717) is 4.90 Å². The van der Waals surface area contributed by atoms with E-state index in [1.165, 1.54) is 5.56 Å². The highest BCUT2D eigenvalue weighted by Crippen LogP contribution is 2.19. The van der Waals surface area contributed by atoms with Gasteiger partial charge in [0.1, 0.15) is 0 Å². The van der Waals surface area contributed by atoms with Crippen LogP contribution in [0.4, 0.5) is 0 Å². The molecule has 2 aromatic carbocycles. The highest BCUT2D eigenvalue weighted by molar-refractivity contribution is 9.10. The molecule has 0 aliphatic carbocycles. The van der Waals surface area contributed by atoms with E-state index >= 15 is 0 Å². The molecule has 2 aromatic rings. The Morgan fingerprint density at radius 3 is 2.36 bits per heavy atom. The van der Waals surface area contributed by atoms with Crippen LogP contribution in [0.1, 0.15) is 18.4 Å². The number of piperidine rings is 1. The van der Waals surface area contributed by atoms with Gasteiger partial charge in [0.2, 0.25) is 10.0 Å². The highest BCUT2D eigenvalue weighted by atomic mass is 79.9. The number of hydrogen-bond acceptors (Lipinski definition) is 3. The summed E-state index contributed by atoms with van der Waals surface area (Å²) in [6.45, 7) is 2.73. The van der Waals surface area contributed by atoms with Gasteiger partial charge in [-0.25, -0.2) is 13.1 Å². The molecule has 136 valence electrons. The van der Waals surface area contributed by atoms with E-state index < -0.39 is 10.0 Å². The van der Waals surface area contributed by atoms with Crippen LogP contribution in [-0.2, 0) is 16.6 Å². The van der Waals surface area contributed by atoms with Crippen molar-refractivity contribution in [1.82, 2.24) is 9.62 Å². The summed E-state index contributed by atoms with van der Waals surface area (Å²) < 4.78 is 28.6. The monoisotopic (exact) mass is 444 g/mol. The Kier molecular flexibility index (Phi) is 7.46. The molecule has 1 N–H and O–H groups in total. The molecule has 0 bridgehead atoms. The number of sulfonamides is 1. The molecule has 1 aliphatic rings. The summed E-state index contributed by atoms with van der Waals surface area (Å²) in [5.41, 5.74) is 1.30. The fraction of sp³-hybridized carbons (Fsp3) is 0.333. The van der Waals surface area contributed by atoms with Gasteiger partial charge < -0.3 is 0 Å². The van der Waals surface area contributed by atoms with E-state index in [9.17, 15) is 8.42 Å². The zero-order valence-electron chi connectivity index (χ0n) is 13.8. The number of rotatable bonds is 5. The zero-order chi connectivity index (χ0) is 17.0. The minimum atomic E-state index is -3.46. The van der Waals surface area contributed by atoms with Gasteiger partial charge in [0.15, 0.2) is 0 Å². The van der Waals surface area contributed by atoms with E-state index in [-0.39, 0.29) is 18.4 Å². The lowest BCUT2D eigenvalue weighted by molar-refractivity contribution is 0.200. The Morgan fingerprint density at radius 2 is 1.72 bits per heavy atom. The molecule has 0 spiro atoms. The van der Waals surface area contributed by atoms with Crippen LogP contribution in [0.3, 0.4) is 0 Å². The summed E-state index contributed by atoms with van der Waals surface area (Å²) >= 11 is 3.32. The van der Waals surface area contributed by atoms with Crippen molar-refractivity contribution in [3.8, 4) is 0 Å². The molecule has 1 aliphatic heterocycles. The maximum Gasteiger partial charge on any atom is 0.240 e. The standard InChI is InChI=1S/C18H21BrN2O2S.ClH/c19-16-7-4-8-18(13-16)24(22,23)20-17-9-11-21(12-10-17)14-15-5-2-1-3-6-15;/h1-8,13,17,20H,9-12,14H2;1H. The van der Waals surface area contributed by atoms with Crippen molar-refractivity contribution in [3.63, 3.8) is 0 Å². The molecule has 0 unspecified atom stereocenters. The molecule has 3 rings (SSSR count). The van der Waals surface area contributed by atoms with Gasteiger partial charge in [-0.3, -0.25) is 4.90 Å². The maximum atomic E-state index is 12.5. The van der Waals surface area contributed by atoms with Gasteiger partial charge in [-0.05, 0) is 36.6 Å². The molecule has 0 atom stereocenters. The molecular weight excluding hydrogens is 424 g/mol. The molecule has 7 heteroatoms. The first-order valence-electron chi connectivity index (χ1n) is 8.07. The molecule has 0 saturated carbocycles. The molecule has 0 amide bonds. The van der Waals surface area contributed by atoms with Crippen molar-refractivity contribution in [3.05, 3.63) is 64.6 Å². The summed E-state index contributed by atoms with van der Waals surface area (Å²) in [5.74, 6) is 0. The first-order chi connectivity index (χ1) is 11.5. The number of hydrogen-bond donors (Lipinski definition) is 1. The summed E-state index contributed by atoms with van der Waals surface area (Å²) in [6.07, 6.45) is 1.67. The summed E-state index contributed by atoms with van der Waals surface area (Å²) in [4.78, 5) is 2.68. The Hall–Kier alpha value is -0.920. The summed E-state index contributed by atoms with van der Waals surface area (Å²) in [6, 6.07) is 17.2. The zero-order valence-corrected chi connectivity index (χ0v) is 17.0. The minimum absolute atomic E-state index is 0. The quantitative estimate of drug-likeness (QED) is 0.761. The van der Waals surface area contributed by atoms with Crippen LogP contribution in [0.2, 0.25) is 0 Å². The lowest BCUT2D eigenvalue weighted by Gasteiger charge is -2.32. The average molecular weight is 446 g/mol. The van der Waals surface area contributed by atoms with Crippen molar-refractivity contribution in [2.75, 3.05) is 13.1 Å². The van der Waals surface area contributed by atoms with Gasteiger partial charge in [0.25, 0.3) is 0 Å². The van der Waals surface area contributed by atoms with E-state index in [1.807, 2.05) is 24.3 Å². The predicted octanol–water partition coefficient (Wildman–Crippen LogP) is 3.81. The molecule has 0 radical (unpaired) electrons. The van der Waals surface area contributed by atoms with Gasteiger partial charge in [-0.15, -0.1) is 12.4 Å². The lowest BCUT2D eigenvalue weighted by atomic mass is 10.1.